The van der Waals surface area contributed by atoms with E-state index in [-0.39, 0.29) is 23.9 Å². The number of carbonyl (C=O) groups excluding carboxylic acids is 2. The summed E-state index contributed by atoms with van der Waals surface area (Å²) in [6, 6.07) is 0. The Morgan fingerprint density at radius 2 is 1.79 bits per heavy atom. The molecule has 9 nitrogen and oxygen atoms in total. The molecule has 1 heterocycles. The lowest BCUT2D eigenvalue weighted by Crippen LogP contribution is -2.64. The number of esters is 2. The first kappa shape index (κ1) is 34.5. The first-order chi connectivity index (χ1) is 19.6. The Labute approximate surface area is 250 Å². The Balaban J connectivity index is 2.00. The van der Waals surface area contributed by atoms with Gasteiger partial charge in [-0.1, -0.05) is 50.1 Å². The third-order valence-electron chi connectivity index (χ3n) is 10.1. The fourth-order valence-corrected chi connectivity index (χ4v) is 7.64. The lowest BCUT2D eigenvalue weighted by molar-refractivity contribution is -0.326. The van der Waals surface area contributed by atoms with Crippen molar-refractivity contribution in [2.24, 2.45) is 22.7 Å². The van der Waals surface area contributed by atoms with Gasteiger partial charge >= 0.3 is 11.9 Å². The van der Waals surface area contributed by atoms with E-state index in [0.717, 1.165) is 24.8 Å². The molecule has 2 fully saturated rings. The Kier molecular flexibility index (Phi) is 11.3. The van der Waals surface area contributed by atoms with Gasteiger partial charge in [0.15, 0.2) is 12.4 Å². The molecule has 3 N–H and O–H groups in total. The van der Waals surface area contributed by atoms with Crippen LogP contribution in [-0.4, -0.2) is 76.8 Å². The van der Waals surface area contributed by atoms with Crippen LogP contribution in [0.2, 0.25) is 0 Å². The number of fused-ring (bicyclic) bond motifs is 1. The molecule has 0 bridgehead atoms. The molecule has 10 atom stereocenters. The van der Waals surface area contributed by atoms with E-state index >= 15 is 0 Å². The van der Waals surface area contributed by atoms with Crippen LogP contribution in [0.25, 0.3) is 0 Å². The van der Waals surface area contributed by atoms with Gasteiger partial charge in [0.25, 0.3) is 0 Å². The van der Waals surface area contributed by atoms with E-state index in [1.807, 2.05) is 13.0 Å². The van der Waals surface area contributed by atoms with E-state index in [0.29, 0.717) is 12.0 Å². The van der Waals surface area contributed by atoms with Gasteiger partial charge in [-0.15, -0.1) is 0 Å². The molecule has 0 aromatic rings. The summed E-state index contributed by atoms with van der Waals surface area (Å²) in [5.41, 5.74) is 2.18. The number of carbonyl (C=O) groups is 2. The van der Waals surface area contributed by atoms with Crippen molar-refractivity contribution >= 4 is 11.9 Å². The van der Waals surface area contributed by atoms with Gasteiger partial charge in [0.1, 0.15) is 18.3 Å². The number of rotatable bonds is 9. The number of hydrogen-bond acceptors (Lipinski definition) is 9. The van der Waals surface area contributed by atoms with Gasteiger partial charge in [0.05, 0.1) is 18.8 Å². The van der Waals surface area contributed by atoms with Crippen molar-refractivity contribution < 1.29 is 43.9 Å². The topological polar surface area (TPSA) is 132 Å². The Morgan fingerprint density at radius 1 is 1.12 bits per heavy atom. The summed E-state index contributed by atoms with van der Waals surface area (Å²) in [4.78, 5) is 24.7. The monoisotopic (exact) mass is 592 g/mol. The van der Waals surface area contributed by atoms with Crippen molar-refractivity contribution in [1.82, 2.24) is 0 Å². The minimum Gasteiger partial charge on any atom is -0.457 e. The molecule has 3 aliphatic rings. The van der Waals surface area contributed by atoms with Gasteiger partial charge in [-0.2, -0.15) is 0 Å². The standard InChI is InChI=1S/C33H52O9/c1-10-19(3)30(38)42-29-24(41-31-27(37)26(36)28(21(5)39-31)40-22(6)35)17-33(9)23(13-11-18(2)15-16-34)20(4)12-14-25(33)32(29,7)8/h10,12,15,21,23-29,31,34,36-37H,11,13-14,16-17H2,1-9H3/b18-15+,19-10-/t21-,23+,24-,25+,26-,27-,28-,29+,31+,33+/m0/s1. The molecule has 0 unspecified atom stereocenters. The van der Waals surface area contributed by atoms with E-state index in [9.17, 15) is 24.9 Å². The summed E-state index contributed by atoms with van der Waals surface area (Å²) in [5.74, 6) is -0.631. The summed E-state index contributed by atoms with van der Waals surface area (Å²) in [5, 5.41) is 31.3. The highest BCUT2D eigenvalue weighted by atomic mass is 16.7. The predicted molar refractivity (Wildman–Crippen MR) is 158 cm³/mol. The molecule has 42 heavy (non-hydrogen) atoms. The third-order valence-corrected chi connectivity index (χ3v) is 10.1. The first-order valence-corrected chi connectivity index (χ1v) is 15.2. The fourth-order valence-electron chi connectivity index (χ4n) is 7.64. The number of aliphatic hydroxyl groups excluding tert-OH is 3. The smallest absolute Gasteiger partial charge is 0.333 e. The van der Waals surface area contributed by atoms with Gasteiger partial charge < -0.3 is 34.3 Å². The van der Waals surface area contributed by atoms with Crippen LogP contribution in [0.1, 0.15) is 88.0 Å². The van der Waals surface area contributed by atoms with Gasteiger partial charge in [0.2, 0.25) is 0 Å². The zero-order valence-corrected chi connectivity index (χ0v) is 26.8. The molecule has 3 rings (SSSR count). The van der Waals surface area contributed by atoms with E-state index in [1.165, 1.54) is 12.5 Å². The van der Waals surface area contributed by atoms with Gasteiger partial charge in [-0.25, -0.2) is 4.79 Å². The quantitative estimate of drug-likeness (QED) is 0.203. The van der Waals surface area contributed by atoms with Crippen molar-refractivity contribution in [2.45, 2.75) is 131 Å². The number of allylic oxidation sites excluding steroid dienone is 4. The maximum absolute atomic E-state index is 13.1. The highest BCUT2D eigenvalue weighted by Crippen LogP contribution is 2.62. The molecular weight excluding hydrogens is 540 g/mol. The van der Waals surface area contributed by atoms with Crippen LogP contribution in [0, 0.1) is 22.7 Å². The molecule has 2 aliphatic carbocycles. The van der Waals surface area contributed by atoms with Gasteiger partial charge in [0, 0.05) is 17.9 Å². The SMILES string of the molecule is C/C=C(/C)C(=O)O[C@@H]1[C@@H](O[C@H]2O[C@@H](C)[C@H](OC(C)=O)[C@@H](O)[C@@H]2O)C[C@]2(C)[C@H](CC/C(C)=C/CO)C(C)=CC[C@@H]2C1(C)C. The van der Waals surface area contributed by atoms with E-state index < -0.39 is 60.3 Å². The molecule has 9 heteroatoms. The average Bonchev–Trinajstić information content (AvgIpc) is 2.90. The highest BCUT2D eigenvalue weighted by molar-refractivity contribution is 5.87. The van der Waals surface area contributed by atoms with Crippen molar-refractivity contribution in [3.63, 3.8) is 0 Å². The third kappa shape index (κ3) is 7.02. The van der Waals surface area contributed by atoms with E-state index in [1.54, 1.807) is 26.8 Å². The first-order valence-electron chi connectivity index (χ1n) is 15.2. The van der Waals surface area contributed by atoms with Crippen LogP contribution in [-0.2, 0) is 28.5 Å². The zero-order valence-electron chi connectivity index (χ0n) is 26.8. The van der Waals surface area contributed by atoms with Crippen LogP contribution in [0.3, 0.4) is 0 Å². The molecule has 0 aromatic carbocycles. The summed E-state index contributed by atoms with van der Waals surface area (Å²) < 4.78 is 23.9. The molecule has 0 spiro atoms. The largest absolute Gasteiger partial charge is 0.457 e. The number of hydrogen-bond donors (Lipinski definition) is 3. The summed E-state index contributed by atoms with van der Waals surface area (Å²) in [6.45, 7) is 17.1. The summed E-state index contributed by atoms with van der Waals surface area (Å²) in [6.07, 6.45) is 1.77. The predicted octanol–water partition coefficient (Wildman–Crippen LogP) is 4.39. The van der Waals surface area contributed by atoms with Crippen molar-refractivity contribution in [3.05, 3.63) is 34.9 Å². The highest BCUT2D eigenvalue weighted by Gasteiger charge is 2.61. The fraction of sp³-hybridized carbons (Fsp3) is 0.758. The van der Waals surface area contributed by atoms with Crippen LogP contribution in [0.4, 0.5) is 0 Å². The maximum Gasteiger partial charge on any atom is 0.333 e. The number of aliphatic hydroxyl groups is 3. The second-order valence-corrected chi connectivity index (χ2v) is 13.3. The van der Waals surface area contributed by atoms with Crippen molar-refractivity contribution in [2.75, 3.05) is 6.61 Å². The van der Waals surface area contributed by atoms with Gasteiger partial charge in [-0.3, -0.25) is 4.79 Å². The Hall–Kier alpha value is -2.04. The van der Waals surface area contributed by atoms with Crippen molar-refractivity contribution in [1.29, 1.82) is 0 Å². The lowest BCUT2D eigenvalue weighted by atomic mass is 9.46. The summed E-state index contributed by atoms with van der Waals surface area (Å²) >= 11 is 0. The maximum atomic E-state index is 13.1. The Morgan fingerprint density at radius 3 is 2.38 bits per heavy atom. The Bertz CT molecular complexity index is 1080. The van der Waals surface area contributed by atoms with E-state index in [2.05, 4.69) is 33.8 Å². The normalized spacial score (nSPS) is 38.8. The second kappa shape index (κ2) is 13.7. The van der Waals surface area contributed by atoms with Gasteiger partial charge in [-0.05, 0) is 77.6 Å². The minimum atomic E-state index is -1.48. The lowest BCUT2D eigenvalue weighted by Gasteiger charge is -2.61. The van der Waals surface area contributed by atoms with E-state index in [4.69, 9.17) is 18.9 Å². The molecule has 238 valence electrons. The minimum absolute atomic E-state index is 0.0130. The molecule has 1 saturated heterocycles. The molecular formula is C33H52O9. The van der Waals surface area contributed by atoms with Crippen molar-refractivity contribution in [3.8, 4) is 0 Å². The molecule has 1 aliphatic heterocycles. The number of ether oxygens (including phenoxy) is 4. The molecule has 0 amide bonds. The molecule has 0 aromatic heterocycles. The average molecular weight is 593 g/mol. The zero-order chi connectivity index (χ0) is 31.6. The summed E-state index contributed by atoms with van der Waals surface area (Å²) in [7, 11) is 0. The van der Waals surface area contributed by atoms with Crippen LogP contribution in [0.5, 0.6) is 0 Å². The van der Waals surface area contributed by atoms with Crippen LogP contribution < -0.4 is 0 Å². The molecule has 0 radical (unpaired) electrons. The molecule has 1 saturated carbocycles. The second-order valence-electron chi connectivity index (χ2n) is 13.3. The van der Waals surface area contributed by atoms with Crippen LogP contribution >= 0.6 is 0 Å². The van der Waals surface area contributed by atoms with Crippen LogP contribution in [0.15, 0.2) is 34.9 Å².